The van der Waals surface area contributed by atoms with Crippen LogP contribution in [0.4, 0.5) is 5.95 Å². The van der Waals surface area contributed by atoms with Gasteiger partial charge in [-0.25, -0.2) is 4.98 Å². The van der Waals surface area contributed by atoms with Gasteiger partial charge in [-0.3, -0.25) is 19.1 Å². The summed E-state index contributed by atoms with van der Waals surface area (Å²) in [7, 11) is 4.66. The Kier molecular flexibility index (Phi) is 8.21. The van der Waals surface area contributed by atoms with Crippen molar-refractivity contribution in [2.24, 2.45) is 0 Å². The Labute approximate surface area is 224 Å². The molecular formula is C25H28Cl2N6O4. The van der Waals surface area contributed by atoms with Gasteiger partial charge in [0.25, 0.3) is 5.56 Å². The topological polar surface area (TPSA) is 111 Å². The van der Waals surface area contributed by atoms with E-state index in [1.54, 1.807) is 29.9 Å². The lowest BCUT2D eigenvalue weighted by Crippen LogP contribution is -2.37. The predicted molar refractivity (Wildman–Crippen MR) is 145 cm³/mol. The summed E-state index contributed by atoms with van der Waals surface area (Å²) in [5.41, 5.74) is 0.748. The van der Waals surface area contributed by atoms with E-state index >= 15 is 0 Å². The van der Waals surface area contributed by atoms with Crippen LogP contribution in [0.5, 0.6) is 11.5 Å². The molecule has 1 fully saturated rings. The van der Waals surface area contributed by atoms with Gasteiger partial charge in [0.15, 0.2) is 0 Å². The number of nitrogens with one attached hydrogen (secondary N) is 2. The van der Waals surface area contributed by atoms with Gasteiger partial charge in [-0.2, -0.15) is 4.98 Å². The van der Waals surface area contributed by atoms with Crippen LogP contribution in [0, 0.1) is 0 Å². The number of rotatable bonds is 9. The van der Waals surface area contributed by atoms with Crippen molar-refractivity contribution in [3.05, 3.63) is 51.4 Å². The number of ether oxygens (including phenoxy) is 2. The third-order valence-electron chi connectivity index (χ3n) is 6.34. The zero-order chi connectivity index (χ0) is 26.7. The minimum Gasteiger partial charge on any atom is -0.495 e. The molecule has 10 nitrogen and oxygen atoms in total. The molecule has 1 aliphatic heterocycles. The van der Waals surface area contributed by atoms with Crippen molar-refractivity contribution >= 4 is 46.1 Å². The molecule has 3 heterocycles. The van der Waals surface area contributed by atoms with Crippen LogP contribution in [-0.4, -0.2) is 72.3 Å². The average molecular weight is 547 g/mol. The van der Waals surface area contributed by atoms with Crippen molar-refractivity contribution in [1.29, 1.82) is 0 Å². The molecule has 0 bridgehead atoms. The molecule has 2 aromatic heterocycles. The van der Waals surface area contributed by atoms with Crippen LogP contribution in [-0.2, 0) is 11.3 Å². The predicted octanol–water partition coefficient (Wildman–Crippen LogP) is 3.20. The molecule has 1 amide bonds. The number of pyridine rings is 1. The van der Waals surface area contributed by atoms with Crippen molar-refractivity contribution in [3.63, 3.8) is 0 Å². The first kappa shape index (κ1) is 26.7. The second kappa shape index (κ2) is 11.4. The quantitative estimate of drug-likeness (QED) is 0.393. The molecule has 0 spiro atoms. The van der Waals surface area contributed by atoms with Gasteiger partial charge in [-0.1, -0.05) is 29.8 Å². The van der Waals surface area contributed by atoms with Gasteiger partial charge in [0.2, 0.25) is 11.9 Å². The number of methoxy groups -OCH3 is 2. The molecule has 1 aromatic carbocycles. The highest BCUT2D eigenvalue weighted by Gasteiger charge is 2.25. The molecule has 0 radical (unpaired) electrons. The van der Waals surface area contributed by atoms with E-state index in [0.717, 1.165) is 13.0 Å². The molecular weight excluding hydrogens is 519 g/mol. The minimum absolute atomic E-state index is 0.0328. The lowest BCUT2D eigenvalue weighted by molar-refractivity contribution is -0.117. The highest BCUT2D eigenvalue weighted by Crippen LogP contribution is 2.45. The fourth-order valence-corrected chi connectivity index (χ4v) is 5.15. The number of hydrogen-bond acceptors (Lipinski definition) is 8. The molecule has 196 valence electrons. The van der Waals surface area contributed by atoms with Gasteiger partial charge >= 0.3 is 0 Å². The first-order valence-corrected chi connectivity index (χ1v) is 12.4. The van der Waals surface area contributed by atoms with Crippen LogP contribution in [0.1, 0.15) is 6.42 Å². The summed E-state index contributed by atoms with van der Waals surface area (Å²) in [6.07, 6.45) is 3.72. The van der Waals surface area contributed by atoms with Crippen LogP contribution in [0.25, 0.3) is 22.2 Å². The van der Waals surface area contributed by atoms with Crippen molar-refractivity contribution in [1.82, 2.24) is 24.8 Å². The maximum atomic E-state index is 13.9. The van der Waals surface area contributed by atoms with Gasteiger partial charge < -0.3 is 20.1 Å². The lowest BCUT2D eigenvalue weighted by Gasteiger charge is -2.20. The summed E-state index contributed by atoms with van der Waals surface area (Å²) in [6.45, 7) is 5.88. The normalized spacial score (nSPS) is 15.5. The molecule has 1 aliphatic rings. The molecule has 12 heteroatoms. The highest BCUT2D eigenvalue weighted by molar-refractivity contribution is 6.41. The third kappa shape index (κ3) is 5.36. The van der Waals surface area contributed by atoms with Crippen LogP contribution in [0.15, 0.2) is 35.8 Å². The zero-order valence-electron chi connectivity index (χ0n) is 20.8. The zero-order valence-corrected chi connectivity index (χ0v) is 22.3. The van der Waals surface area contributed by atoms with E-state index in [9.17, 15) is 9.59 Å². The number of benzene rings is 1. The Bertz CT molecular complexity index is 1380. The Morgan fingerprint density at radius 3 is 2.54 bits per heavy atom. The molecule has 2 N–H and O–H groups in total. The number of carbonyl (C=O) groups excluding carboxylic acids is 1. The lowest BCUT2D eigenvalue weighted by atomic mass is 10.0. The number of hydrogen-bond donors (Lipinski definition) is 2. The van der Waals surface area contributed by atoms with Crippen molar-refractivity contribution < 1.29 is 14.3 Å². The fraction of sp³-hybridized carbons (Fsp3) is 0.360. The Hall–Kier alpha value is -3.34. The third-order valence-corrected chi connectivity index (χ3v) is 7.09. The fourth-order valence-electron chi connectivity index (χ4n) is 4.44. The molecule has 1 atom stereocenters. The van der Waals surface area contributed by atoms with Gasteiger partial charge in [0.05, 0.1) is 29.8 Å². The second-order valence-corrected chi connectivity index (χ2v) is 9.28. The Morgan fingerprint density at radius 2 is 1.92 bits per heavy atom. The summed E-state index contributed by atoms with van der Waals surface area (Å²) in [4.78, 5) is 36.7. The summed E-state index contributed by atoms with van der Waals surface area (Å²) < 4.78 is 12.4. The van der Waals surface area contributed by atoms with E-state index < -0.39 is 0 Å². The van der Waals surface area contributed by atoms with Gasteiger partial charge in [0.1, 0.15) is 17.1 Å². The van der Waals surface area contributed by atoms with Gasteiger partial charge in [-0.15, -0.1) is 0 Å². The number of anilines is 1. The minimum atomic E-state index is -0.317. The Balaban J connectivity index is 1.78. The summed E-state index contributed by atoms with van der Waals surface area (Å²) >= 11 is 13.3. The number of aromatic nitrogens is 3. The van der Waals surface area contributed by atoms with Crippen molar-refractivity contribution in [2.75, 3.05) is 46.2 Å². The SMILES string of the molecule is C=CC(=O)NC1CCN(CCn2c(=O)c(-c3c(Cl)c(OC)cc(OC)c3Cl)cc3cnc(NC)nc32)C1. The maximum Gasteiger partial charge on any atom is 0.260 e. The first-order chi connectivity index (χ1) is 17.8. The van der Waals surface area contributed by atoms with Crippen molar-refractivity contribution in [2.45, 2.75) is 19.0 Å². The largest absolute Gasteiger partial charge is 0.495 e. The van der Waals surface area contributed by atoms with Gasteiger partial charge in [-0.05, 0) is 18.6 Å². The van der Waals surface area contributed by atoms with E-state index in [1.807, 2.05) is 0 Å². The maximum absolute atomic E-state index is 13.9. The molecule has 0 saturated carbocycles. The van der Waals surface area contributed by atoms with Crippen LogP contribution < -0.4 is 25.7 Å². The highest BCUT2D eigenvalue weighted by atomic mass is 35.5. The molecule has 37 heavy (non-hydrogen) atoms. The van der Waals surface area contributed by atoms with E-state index in [-0.39, 0.29) is 33.1 Å². The summed E-state index contributed by atoms with van der Waals surface area (Å²) in [6, 6.07) is 3.28. The summed E-state index contributed by atoms with van der Waals surface area (Å²) in [5, 5.41) is 6.88. The van der Waals surface area contributed by atoms with Crippen LogP contribution >= 0.6 is 23.2 Å². The van der Waals surface area contributed by atoms with Gasteiger partial charge in [0, 0.05) is 62.5 Å². The average Bonchev–Trinajstić information content (AvgIpc) is 3.35. The van der Waals surface area contributed by atoms with E-state index in [1.165, 1.54) is 20.3 Å². The second-order valence-electron chi connectivity index (χ2n) is 8.52. The molecule has 3 aromatic rings. The molecule has 1 saturated heterocycles. The number of amides is 1. The smallest absolute Gasteiger partial charge is 0.260 e. The number of carbonyl (C=O) groups is 1. The van der Waals surface area contributed by atoms with Crippen LogP contribution in [0.2, 0.25) is 10.0 Å². The first-order valence-electron chi connectivity index (χ1n) is 11.6. The van der Waals surface area contributed by atoms with Crippen molar-refractivity contribution in [3.8, 4) is 22.6 Å². The standard InChI is InChI=1S/C25H28Cl2N6O4/c1-5-19(34)30-15-6-7-32(13-15)8-9-33-23-14(12-29-25(28-2)31-23)10-16(24(33)35)20-21(26)17(36-3)11-18(37-4)22(20)27/h5,10-12,15H,1,6-9,13H2,2-4H3,(H,30,34)(H,28,29,31). The van der Waals surface area contributed by atoms with E-state index in [0.29, 0.717) is 53.7 Å². The molecule has 0 aliphatic carbocycles. The number of halogens is 2. The van der Waals surface area contributed by atoms with Crippen LogP contribution in [0.3, 0.4) is 0 Å². The number of nitrogens with zero attached hydrogens (tertiary/aromatic N) is 4. The van der Waals surface area contributed by atoms with E-state index in [2.05, 4.69) is 32.1 Å². The number of likely N-dealkylation sites (tertiary alicyclic amines) is 1. The Morgan fingerprint density at radius 1 is 1.22 bits per heavy atom. The molecule has 4 rings (SSSR count). The number of fused-ring (bicyclic) bond motifs is 1. The monoisotopic (exact) mass is 546 g/mol. The molecule has 1 unspecified atom stereocenters. The van der Waals surface area contributed by atoms with E-state index in [4.69, 9.17) is 32.7 Å². The summed E-state index contributed by atoms with van der Waals surface area (Å²) in [5.74, 6) is 0.854.